The number of fused-ring (bicyclic) bond motifs is 16. The van der Waals surface area contributed by atoms with Crippen molar-refractivity contribution in [2.45, 2.75) is 0 Å². The fourth-order valence-electron chi connectivity index (χ4n) is 8.56. The zero-order valence-corrected chi connectivity index (χ0v) is 24.4. The third-order valence-corrected chi connectivity index (χ3v) is 12.4. The Morgan fingerprint density at radius 3 is 1.98 bits per heavy atom. The second kappa shape index (κ2) is 7.20. The van der Waals surface area contributed by atoms with Crippen molar-refractivity contribution in [1.82, 2.24) is 9.05 Å². The van der Waals surface area contributed by atoms with Gasteiger partial charge in [0.05, 0.1) is 10.3 Å². The summed E-state index contributed by atoms with van der Waals surface area (Å²) in [6, 6.07) is 43.4. The molecule has 0 amide bonds. The fraction of sp³-hybridized carbons (Fsp3) is 0. The molecule has 6 heterocycles. The molecule has 0 aliphatic carbocycles. The lowest BCUT2D eigenvalue weighted by Crippen LogP contribution is -2.55. The van der Waals surface area contributed by atoms with E-state index in [1.807, 2.05) is 22.7 Å². The second-order valence-corrected chi connectivity index (χ2v) is 14.1. The minimum absolute atomic E-state index is 0.101. The predicted molar refractivity (Wildman–Crippen MR) is 188 cm³/mol. The van der Waals surface area contributed by atoms with Crippen LogP contribution < -0.4 is 10.9 Å². The highest BCUT2D eigenvalue weighted by Gasteiger charge is 2.42. The van der Waals surface area contributed by atoms with Crippen LogP contribution in [0.1, 0.15) is 0 Å². The molecule has 2 nitrogen and oxygen atoms in total. The molecule has 2 aliphatic rings. The Morgan fingerprint density at radius 2 is 1.16 bits per heavy atom. The lowest BCUT2D eigenvalue weighted by atomic mass is 9.45. The van der Waals surface area contributed by atoms with Crippen LogP contribution in [0.2, 0.25) is 0 Å². The van der Waals surface area contributed by atoms with Gasteiger partial charge in [0, 0.05) is 58.5 Å². The van der Waals surface area contributed by atoms with Crippen molar-refractivity contribution in [1.29, 1.82) is 0 Å². The summed E-state index contributed by atoms with van der Waals surface area (Å²) in [6.45, 7) is 0.101. The maximum absolute atomic E-state index is 2.71. The zero-order valence-electron chi connectivity index (χ0n) is 22.8. The van der Waals surface area contributed by atoms with Gasteiger partial charge in [0.1, 0.15) is 4.83 Å². The lowest BCUT2D eigenvalue weighted by molar-refractivity contribution is 1.19. The number of rotatable bonds is 0. The van der Waals surface area contributed by atoms with Gasteiger partial charge in [-0.05, 0) is 45.5 Å². The number of hydrogen-bond donors (Lipinski definition) is 0. The summed E-state index contributed by atoms with van der Waals surface area (Å²) in [5.41, 5.74) is 9.65. The number of hydrogen-bond acceptors (Lipinski definition) is 2. The molecule has 0 saturated heterocycles. The van der Waals surface area contributed by atoms with Crippen LogP contribution in [0.25, 0.3) is 90.0 Å². The Morgan fingerprint density at radius 1 is 0.535 bits per heavy atom. The molecule has 43 heavy (non-hydrogen) atoms. The van der Waals surface area contributed by atoms with E-state index >= 15 is 0 Å². The van der Waals surface area contributed by atoms with Gasteiger partial charge in [-0.2, -0.15) is 0 Å². The summed E-state index contributed by atoms with van der Waals surface area (Å²) >= 11 is 3.87. The van der Waals surface area contributed by atoms with E-state index in [0.29, 0.717) is 0 Å². The highest BCUT2D eigenvalue weighted by atomic mass is 32.1. The first-order chi connectivity index (χ1) is 21.4. The molecule has 0 N–H and O–H groups in total. The van der Waals surface area contributed by atoms with E-state index in [2.05, 4.69) is 124 Å². The molecule has 0 fully saturated rings. The van der Waals surface area contributed by atoms with Crippen molar-refractivity contribution < 1.29 is 0 Å². The molecule has 10 aromatic rings. The molecule has 4 aromatic heterocycles. The third-order valence-electron chi connectivity index (χ3n) is 10.1. The van der Waals surface area contributed by atoms with Crippen molar-refractivity contribution in [3.63, 3.8) is 0 Å². The first-order valence-electron chi connectivity index (χ1n) is 14.8. The molecule has 0 bridgehead atoms. The van der Waals surface area contributed by atoms with Gasteiger partial charge in [-0.1, -0.05) is 97.1 Å². The van der Waals surface area contributed by atoms with E-state index in [1.54, 1.807) is 0 Å². The molecule has 0 unspecified atom stereocenters. The van der Waals surface area contributed by atoms with Crippen molar-refractivity contribution in [2.24, 2.45) is 0 Å². The summed E-state index contributed by atoms with van der Waals surface area (Å²) < 4.78 is 8.04. The average molecular weight is 579 g/mol. The topological polar surface area (TPSA) is 9.86 Å². The van der Waals surface area contributed by atoms with Gasteiger partial charge in [-0.3, -0.25) is 0 Å². The molecular weight excluding hydrogens is 559 g/mol. The van der Waals surface area contributed by atoms with E-state index in [4.69, 9.17) is 0 Å². The Hall–Kier alpha value is -4.84. The number of nitrogens with zero attached hydrogens (tertiary/aromatic N) is 2. The van der Waals surface area contributed by atoms with Crippen molar-refractivity contribution in [3.8, 4) is 16.8 Å². The van der Waals surface area contributed by atoms with Crippen LogP contribution in [-0.4, -0.2) is 15.9 Å². The Labute approximate surface area is 253 Å². The fourth-order valence-corrected chi connectivity index (χ4v) is 11.0. The van der Waals surface area contributed by atoms with Crippen LogP contribution in [0, 0.1) is 0 Å². The Bertz CT molecular complexity index is 2910. The normalized spacial score (nSPS) is 13.5. The van der Waals surface area contributed by atoms with E-state index in [9.17, 15) is 0 Å². The summed E-state index contributed by atoms with van der Waals surface area (Å²) in [5, 5.41) is 10.9. The van der Waals surface area contributed by atoms with Crippen LogP contribution in [0.3, 0.4) is 0 Å². The van der Waals surface area contributed by atoms with Crippen LogP contribution in [0.15, 0.2) is 115 Å². The summed E-state index contributed by atoms with van der Waals surface area (Å²) in [7, 11) is 0. The highest BCUT2D eigenvalue weighted by Crippen LogP contribution is 2.49. The van der Waals surface area contributed by atoms with Crippen LogP contribution in [0.5, 0.6) is 0 Å². The van der Waals surface area contributed by atoms with E-state index in [-0.39, 0.29) is 6.85 Å². The molecule has 0 spiro atoms. The van der Waals surface area contributed by atoms with Crippen molar-refractivity contribution in [3.05, 3.63) is 115 Å². The highest BCUT2D eigenvalue weighted by molar-refractivity contribution is 7.26. The molecular formula is C38H19BN2S2. The second-order valence-electron chi connectivity index (χ2n) is 12.0. The van der Waals surface area contributed by atoms with Crippen molar-refractivity contribution in [2.75, 3.05) is 0 Å². The van der Waals surface area contributed by atoms with E-state index < -0.39 is 0 Å². The molecule has 196 valence electrons. The monoisotopic (exact) mass is 578 g/mol. The third kappa shape index (κ3) is 2.34. The molecule has 0 saturated carbocycles. The summed E-state index contributed by atoms with van der Waals surface area (Å²) in [6.07, 6.45) is 0. The number of para-hydroxylation sites is 2. The molecule has 6 aromatic carbocycles. The first-order valence-corrected chi connectivity index (χ1v) is 16.5. The van der Waals surface area contributed by atoms with Gasteiger partial charge in [-0.15, -0.1) is 22.7 Å². The quantitative estimate of drug-likeness (QED) is 0.159. The van der Waals surface area contributed by atoms with Gasteiger partial charge in [0.2, 0.25) is 0 Å². The SMILES string of the molecule is c1ccc2c3c4c(cc2c1)-n1c2sc5ccccc5c2c2cccc(c21)B4n1c2sc4ccccc4c2c2cccc-3c21. The summed E-state index contributed by atoms with van der Waals surface area (Å²) in [4.78, 5) is 2.73. The number of thiophene rings is 2. The number of aromatic nitrogens is 2. The Balaban J connectivity index is 1.39. The minimum Gasteiger partial charge on any atom is -0.367 e. The Kier molecular flexibility index (Phi) is 3.65. The predicted octanol–water partition coefficient (Wildman–Crippen LogP) is 9.42. The molecule has 5 heteroatoms. The maximum Gasteiger partial charge on any atom is 0.333 e. The van der Waals surface area contributed by atoms with Gasteiger partial charge in [0.15, 0.2) is 0 Å². The standard InChI is InChI=1S/C38H19BN2S2/c1-2-10-21-20(9-1)19-28-34-31(21)24-13-7-14-25-33-23-12-4-6-18-30(23)43-38(33)41(35(24)25)39(34)27-16-8-15-26-32-22-11-3-5-17-29(22)42-37(32)40(28)36(26)27/h1-19H. The zero-order chi connectivity index (χ0) is 27.6. The maximum atomic E-state index is 2.71. The summed E-state index contributed by atoms with van der Waals surface area (Å²) in [5.74, 6) is 0. The number of benzene rings is 6. The van der Waals surface area contributed by atoms with Gasteiger partial charge in [-0.25, -0.2) is 0 Å². The average Bonchev–Trinajstić information content (AvgIpc) is 3.78. The van der Waals surface area contributed by atoms with E-state index in [0.717, 1.165) is 0 Å². The van der Waals surface area contributed by atoms with Crippen molar-refractivity contribution >= 4 is 114 Å². The van der Waals surface area contributed by atoms with Gasteiger partial charge in [0.25, 0.3) is 0 Å². The van der Waals surface area contributed by atoms with Gasteiger partial charge < -0.3 is 9.05 Å². The largest absolute Gasteiger partial charge is 0.367 e. The minimum atomic E-state index is 0.101. The van der Waals surface area contributed by atoms with E-state index in [1.165, 1.54) is 101 Å². The molecule has 0 atom stereocenters. The van der Waals surface area contributed by atoms with Crippen LogP contribution >= 0.6 is 22.7 Å². The smallest absolute Gasteiger partial charge is 0.333 e. The lowest BCUT2D eigenvalue weighted by Gasteiger charge is -2.34. The molecule has 12 rings (SSSR count). The van der Waals surface area contributed by atoms with Gasteiger partial charge >= 0.3 is 6.85 Å². The van der Waals surface area contributed by atoms with Crippen LogP contribution in [0.4, 0.5) is 0 Å². The van der Waals surface area contributed by atoms with Crippen LogP contribution in [-0.2, 0) is 0 Å². The first kappa shape index (κ1) is 21.8. The molecule has 2 aliphatic heterocycles. The molecule has 0 radical (unpaired) electrons.